The number of thiophene rings is 1. The molecule has 0 aromatic carbocycles. The standard InChI is InChI=1S/C15H23N3O3S2/c19-14(17-12-5-7-16-8-6-12)11-13-3-4-15(22-13)23(20,21)18-9-1-2-10-18/h3-4,12,16H,1-2,5-11H2,(H,17,19). The largest absolute Gasteiger partial charge is 0.353 e. The van der Waals surface area contributed by atoms with Crippen molar-refractivity contribution in [3.63, 3.8) is 0 Å². The fourth-order valence-electron chi connectivity index (χ4n) is 3.05. The number of amides is 1. The average Bonchev–Trinajstić information content (AvgIpc) is 3.20. The van der Waals surface area contributed by atoms with E-state index in [4.69, 9.17) is 0 Å². The van der Waals surface area contributed by atoms with Crippen LogP contribution in [-0.2, 0) is 21.2 Å². The van der Waals surface area contributed by atoms with Gasteiger partial charge in [0, 0.05) is 24.0 Å². The lowest BCUT2D eigenvalue weighted by atomic mass is 10.1. The van der Waals surface area contributed by atoms with Crippen molar-refractivity contribution in [3.05, 3.63) is 17.0 Å². The molecule has 8 heteroatoms. The van der Waals surface area contributed by atoms with E-state index in [2.05, 4.69) is 10.6 Å². The normalized spacial score (nSPS) is 20.7. The quantitative estimate of drug-likeness (QED) is 0.822. The summed E-state index contributed by atoms with van der Waals surface area (Å²) in [5.41, 5.74) is 0. The smallest absolute Gasteiger partial charge is 0.252 e. The van der Waals surface area contributed by atoms with Gasteiger partial charge in [0.15, 0.2) is 0 Å². The first-order chi connectivity index (χ1) is 11.1. The van der Waals surface area contributed by atoms with E-state index in [1.807, 2.05) is 0 Å². The molecule has 2 fully saturated rings. The highest BCUT2D eigenvalue weighted by molar-refractivity contribution is 7.91. The lowest BCUT2D eigenvalue weighted by molar-refractivity contribution is -0.121. The van der Waals surface area contributed by atoms with Crippen LogP contribution in [-0.4, -0.2) is 50.9 Å². The summed E-state index contributed by atoms with van der Waals surface area (Å²) in [5, 5.41) is 6.30. The molecule has 0 aliphatic carbocycles. The zero-order chi connectivity index (χ0) is 16.3. The zero-order valence-corrected chi connectivity index (χ0v) is 14.7. The maximum absolute atomic E-state index is 12.5. The molecule has 0 saturated carbocycles. The minimum absolute atomic E-state index is 0.0242. The van der Waals surface area contributed by atoms with Crippen LogP contribution in [0.2, 0.25) is 0 Å². The fourth-order valence-corrected chi connectivity index (χ4v) is 6.08. The molecule has 0 bridgehead atoms. The summed E-state index contributed by atoms with van der Waals surface area (Å²) in [4.78, 5) is 12.9. The molecular formula is C15H23N3O3S2. The number of carbonyl (C=O) groups is 1. The Balaban J connectivity index is 1.59. The second-order valence-corrected chi connectivity index (χ2v) is 9.43. The van der Waals surface area contributed by atoms with E-state index in [0.29, 0.717) is 17.3 Å². The van der Waals surface area contributed by atoms with Crippen molar-refractivity contribution in [1.82, 2.24) is 14.9 Å². The summed E-state index contributed by atoms with van der Waals surface area (Å²) < 4.78 is 26.8. The maximum Gasteiger partial charge on any atom is 0.252 e. The van der Waals surface area contributed by atoms with E-state index < -0.39 is 10.0 Å². The molecule has 1 aromatic heterocycles. The first-order valence-electron chi connectivity index (χ1n) is 8.14. The minimum atomic E-state index is -3.37. The predicted octanol–water partition coefficient (Wildman–Crippen LogP) is 0.943. The molecule has 128 valence electrons. The van der Waals surface area contributed by atoms with Crippen molar-refractivity contribution < 1.29 is 13.2 Å². The van der Waals surface area contributed by atoms with Crippen LogP contribution < -0.4 is 10.6 Å². The van der Waals surface area contributed by atoms with Crippen LogP contribution in [0.25, 0.3) is 0 Å². The van der Waals surface area contributed by atoms with Crippen molar-refractivity contribution in [2.45, 2.75) is 42.4 Å². The number of carbonyl (C=O) groups excluding carboxylic acids is 1. The first-order valence-corrected chi connectivity index (χ1v) is 10.4. The van der Waals surface area contributed by atoms with Gasteiger partial charge >= 0.3 is 0 Å². The lowest BCUT2D eigenvalue weighted by Gasteiger charge is -2.23. The lowest BCUT2D eigenvalue weighted by Crippen LogP contribution is -2.43. The Kier molecular flexibility index (Phi) is 5.35. The van der Waals surface area contributed by atoms with Crippen molar-refractivity contribution in [2.75, 3.05) is 26.2 Å². The second-order valence-electron chi connectivity index (χ2n) is 6.10. The van der Waals surface area contributed by atoms with Crippen LogP contribution in [0.3, 0.4) is 0 Å². The first kappa shape index (κ1) is 16.9. The number of hydrogen-bond donors (Lipinski definition) is 2. The molecule has 0 radical (unpaired) electrons. The van der Waals surface area contributed by atoms with Gasteiger partial charge in [0.25, 0.3) is 10.0 Å². The summed E-state index contributed by atoms with van der Waals surface area (Å²) in [6.45, 7) is 3.07. The van der Waals surface area contributed by atoms with Crippen LogP contribution in [0.15, 0.2) is 16.3 Å². The Labute approximate surface area is 141 Å². The van der Waals surface area contributed by atoms with E-state index in [1.165, 1.54) is 15.6 Å². The van der Waals surface area contributed by atoms with Crippen LogP contribution in [0.4, 0.5) is 0 Å². The number of sulfonamides is 1. The topological polar surface area (TPSA) is 78.5 Å². The van der Waals surface area contributed by atoms with E-state index in [1.54, 1.807) is 12.1 Å². The molecule has 2 saturated heterocycles. The third-order valence-corrected chi connectivity index (χ3v) is 7.79. The highest BCUT2D eigenvalue weighted by Gasteiger charge is 2.28. The Morgan fingerprint density at radius 2 is 1.96 bits per heavy atom. The summed E-state index contributed by atoms with van der Waals surface area (Å²) >= 11 is 1.21. The maximum atomic E-state index is 12.5. The monoisotopic (exact) mass is 357 g/mol. The molecule has 3 rings (SSSR count). The SMILES string of the molecule is O=C(Cc1ccc(S(=O)(=O)N2CCCC2)s1)NC1CCNCC1. The number of nitrogens with one attached hydrogen (secondary N) is 2. The van der Waals surface area contributed by atoms with Gasteiger partial charge in [-0.2, -0.15) is 4.31 Å². The molecule has 0 unspecified atom stereocenters. The third kappa shape index (κ3) is 4.12. The summed E-state index contributed by atoms with van der Waals surface area (Å²) in [5.74, 6) is -0.0242. The molecule has 2 aliphatic heterocycles. The van der Waals surface area contributed by atoms with Gasteiger partial charge in [0.05, 0.1) is 6.42 Å². The molecule has 2 aliphatic rings. The van der Waals surface area contributed by atoms with Crippen LogP contribution in [0, 0.1) is 0 Å². The van der Waals surface area contributed by atoms with Crippen LogP contribution in [0.5, 0.6) is 0 Å². The van der Waals surface area contributed by atoms with E-state index >= 15 is 0 Å². The van der Waals surface area contributed by atoms with Crippen molar-refractivity contribution >= 4 is 27.3 Å². The van der Waals surface area contributed by atoms with Crippen LogP contribution in [0.1, 0.15) is 30.6 Å². The van der Waals surface area contributed by atoms with Crippen molar-refractivity contribution in [2.24, 2.45) is 0 Å². The van der Waals surface area contributed by atoms with Gasteiger partial charge in [-0.15, -0.1) is 11.3 Å². The molecule has 3 heterocycles. The molecule has 23 heavy (non-hydrogen) atoms. The Morgan fingerprint density at radius 1 is 1.26 bits per heavy atom. The molecule has 2 N–H and O–H groups in total. The van der Waals surface area contributed by atoms with E-state index in [0.717, 1.165) is 43.6 Å². The molecule has 1 amide bonds. The van der Waals surface area contributed by atoms with Gasteiger partial charge in [-0.25, -0.2) is 8.42 Å². The van der Waals surface area contributed by atoms with Gasteiger partial charge in [-0.3, -0.25) is 4.79 Å². The van der Waals surface area contributed by atoms with Gasteiger partial charge in [0.1, 0.15) is 4.21 Å². The zero-order valence-electron chi connectivity index (χ0n) is 13.1. The average molecular weight is 358 g/mol. The Morgan fingerprint density at radius 3 is 2.65 bits per heavy atom. The summed E-state index contributed by atoms with van der Waals surface area (Å²) in [6, 6.07) is 3.62. The predicted molar refractivity (Wildman–Crippen MR) is 90.1 cm³/mol. The van der Waals surface area contributed by atoms with E-state index in [-0.39, 0.29) is 18.4 Å². The molecular weight excluding hydrogens is 334 g/mol. The Hall–Kier alpha value is -0.960. The molecule has 6 nitrogen and oxygen atoms in total. The van der Waals surface area contributed by atoms with Gasteiger partial charge < -0.3 is 10.6 Å². The van der Waals surface area contributed by atoms with Crippen LogP contribution >= 0.6 is 11.3 Å². The third-order valence-electron chi connectivity index (χ3n) is 4.34. The summed E-state index contributed by atoms with van der Waals surface area (Å²) in [7, 11) is -3.37. The molecule has 1 aromatic rings. The van der Waals surface area contributed by atoms with Crippen molar-refractivity contribution in [1.29, 1.82) is 0 Å². The number of nitrogens with zero attached hydrogens (tertiary/aromatic N) is 1. The fraction of sp³-hybridized carbons (Fsp3) is 0.667. The van der Waals surface area contributed by atoms with Gasteiger partial charge in [0.2, 0.25) is 5.91 Å². The number of rotatable bonds is 5. The Bertz CT molecular complexity index is 645. The highest BCUT2D eigenvalue weighted by Crippen LogP contribution is 2.27. The van der Waals surface area contributed by atoms with Gasteiger partial charge in [-0.1, -0.05) is 0 Å². The minimum Gasteiger partial charge on any atom is -0.353 e. The van der Waals surface area contributed by atoms with E-state index in [9.17, 15) is 13.2 Å². The number of piperidine rings is 1. The van der Waals surface area contributed by atoms with Gasteiger partial charge in [-0.05, 0) is 50.9 Å². The van der Waals surface area contributed by atoms with Crippen molar-refractivity contribution in [3.8, 4) is 0 Å². The number of hydrogen-bond acceptors (Lipinski definition) is 5. The summed E-state index contributed by atoms with van der Waals surface area (Å²) in [6.07, 6.45) is 4.01. The highest BCUT2D eigenvalue weighted by atomic mass is 32.2. The molecule has 0 atom stereocenters. The second kappa shape index (κ2) is 7.29. The molecule has 0 spiro atoms.